The third-order valence-electron chi connectivity index (χ3n) is 5.11. The molecular weight excluding hydrogens is 372 g/mol. The maximum Gasteiger partial charge on any atom is 0.338 e. The molecule has 0 radical (unpaired) electrons. The highest BCUT2D eigenvalue weighted by molar-refractivity contribution is 6.20. The van der Waals surface area contributed by atoms with Gasteiger partial charge in [-0.25, -0.2) is 4.79 Å². The van der Waals surface area contributed by atoms with Crippen LogP contribution < -0.4 is 10.2 Å². The van der Waals surface area contributed by atoms with Crippen LogP contribution in [0.15, 0.2) is 42.5 Å². The van der Waals surface area contributed by atoms with E-state index < -0.39 is 18.5 Å². The zero-order valence-corrected chi connectivity index (χ0v) is 15.8. The SMILES string of the molecule is O=C(COC(=O)c1cccc(N2C(=O)CCC2=O)c1)Nc1ccc2c(c1)CCC2. The first-order valence-corrected chi connectivity index (χ1v) is 9.56. The van der Waals surface area contributed by atoms with Crippen LogP contribution in [0.2, 0.25) is 0 Å². The van der Waals surface area contributed by atoms with Gasteiger partial charge < -0.3 is 10.1 Å². The summed E-state index contributed by atoms with van der Waals surface area (Å²) in [6.45, 7) is -0.429. The summed E-state index contributed by atoms with van der Waals surface area (Å²) >= 11 is 0. The van der Waals surface area contributed by atoms with Crippen LogP contribution in [0.4, 0.5) is 11.4 Å². The zero-order chi connectivity index (χ0) is 20.4. The van der Waals surface area contributed by atoms with E-state index in [0.29, 0.717) is 11.4 Å². The highest BCUT2D eigenvalue weighted by atomic mass is 16.5. The number of fused-ring (bicyclic) bond motifs is 1. The van der Waals surface area contributed by atoms with Gasteiger partial charge in [-0.2, -0.15) is 0 Å². The van der Waals surface area contributed by atoms with Gasteiger partial charge >= 0.3 is 5.97 Å². The van der Waals surface area contributed by atoms with E-state index in [0.717, 1.165) is 24.2 Å². The van der Waals surface area contributed by atoms with Crippen LogP contribution in [0.1, 0.15) is 40.7 Å². The molecule has 2 aromatic rings. The molecule has 0 saturated carbocycles. The van der Waals surface area contributed by atoms with Crippen molar-refractivity contribution in [1.82, 2.24) is 0 Å². The molecule has 1 heterocycles. The molecule has 1 saturated heterocycles. The Balaban J connectivity index is 1.36. The van der Waals surface area contributed by atoms with E-state index in [1.165, 1.54) is 23.3 Å². The summed E-state index contributed by atoms with van der Waals surface area (Å²) in [5, 5.41) is 2.73. The van der Waals surface area contributed by atoms with Crippen molar-refractivity contribution in [1.29, 1.82) is 0 Å². The van der Waals surface area contributed by atoms with Gasteiger partial charge in [0, 0.05) is 18.5 Å². The highest BCUT2D eigenvalue weighted by Crippen LogP contribution is 2.25. The van der Waals surface area contributed by atoms with Gasteiger partial charge in [-0.15, -0.1) is 0 Å². The molecular formula is C22H20N2O5. The molecule has 0 aromatic heterocycles. The molecule has 1 aliphatic heterocycles. The van der Waals surface area contributed by atoms with Crippen molar-refractivity contribution in [2.45, 2.75) is 32.1 Å². The number of nitrogens with one attached hydrogen (secondary N) is 1. The number of anilines is 2. The van der Waals surface area contributed by atoms with Crippen LogP contribution >= 0.6 is 0 Å². The number of aryl methyl sites for hydroxylation is 2. The molecule has 4 rings (SSSR count). The minimum Gasteiger partial charge on any atom is -0.452 e. The van der Waals surface area contributed by atoms with E-state index in [2.05, 4.69) is 5.32 Å². The summed E-state index contributed by atoms with van der Waals surface area (Å²) in [5.41, 5.74) is 3.72. The van der Waals surface area contributed by atoms with Crippen molar-refractivity contribution in [3.8, 4) is 0 Å². The predicted octanol–water partition coefficient (Wildman–Crippen LogP) is 2.62. The Morgan fingerprint density at radius 2 is 1.69 bits per heavy atom. The Labute approximate surface area is 167 Å². The lowest BCUT2D eigenvalue weighted by atomic mass is 10.1. The molecule has 0 bridgehead atoms. The van der Waals surface area contributed by atoms with E-state index in [9.17, 15) is 19.2 Å². The summed E-state index contributed by atoms with van der Waals surface area (Å²) in [6.07, 6.45) is 3.52. The van der Waals surface area contributed by atoms with Crippen LogP contribution in [0.25, 0.3) is 0 Å². The van der Waals surface area contributed by atoms with Crippen molar-refractivity contribution >= 4 is 35.1 Å². The second-order valence-corrected chi connectivity index (χ2v) is 7.13. The number of esters is 1. The van der Waals surface area contributed by atoms with Gasteiger partial charge in [0.25, 0.3) is 5.91 Å². The van der Waals surface area contributed by atoms with E-state index in [4.69, 9.17) is 4.74 Å². The molecule has 148 valence electrons. The van der Waals surface area contributed by atoms with Gasteiger partial charge in [-0.3, -0.25) is 19.3 Å². The number of amides is 3. The maximum atomic E-state index is 12.3. The first-order chi connectivity index (χ1) is 14.0. The number of hydrogen-bond donors (Lipinski definition) is 1. The van der Waals surface area contributed by atoms with Crippen molar-refractivity contribution in [2.24, 2.45) is 0 Å². The molecule has 1 N–H and O–H groups in total. The van der Waals surface area contributed by atoms with Gasteiger partial charge in [0.1, 0.15) is 0 Å². The molecule has 29 heavy (non-hydrogen) atoms. The average molecular weight is 392 g/mol. The minimum absolute atomic E-state index is 0.163. The lowest BCUT2D eigenvalue weighted by molar-refractivity contribution is -0.121. The predicted molar refractivity (Wildman–Crippen MR) is 106 cm³/mol. The minimum atomic E-state index is -0.699. The molecule has 7 nitrogen and oxygen atoms in total. The first kappa shape index (κ1) is 18.9. The fourth-order valence-corrected chi connectivity index (χ4v) is 3.70. The van der Waals surface area contributed by atoms with Crippen LogP contribution in [-0.4, -0.2) is 30.3 Å². The van der Waals surface area contributed by atoms with Crippen LogP contribution in [-0.2, 0) is 32.0 Å². The maximum absolute atomic E-state index is 12.3. The molecule has 7 heteroatoms. The van der Waals surface area contributed by atoms with Gasteiger partial charge in [-0.05, 0) is 60.7 Å². The average Bonchev–Trinajstić information content (AvgIpc) is 3.31. The zero-order valence-electron chi connectivity index (χ0n) is 15.8. The summed E-state index contributed by atoms with van der Waals surface area (Å²) in [7, 11) is 0. The van der Waals surface area contributed by atoms with E-state index in [1.807, 2.05) is 18.2 Å². The second kappa shape index (κ2) is 7.87. The Bertz CT molecular complexity index is 998. The normalized spacial score (nSPS) is 15.4. The third-order valence-corrected chi connectivity index (χ3v) is 5.11. The largest absolute Gasteiger partial charge is 0.452 e. The van der Waals surface area contributed by atoms with Crippen LogP contribution in [0.3, 0.4) is 0 Å². The van der Waals surface area contributed by atoms with Gasteiger partial charge in [-0.1, -0.05) is 12.1 Å². The molecule has 1 fully saturated rings. The fraction of sp³-hybridized carbons (Fsp3) is 0.273. The summed E-state index contributed by atoms with van der Waals surface area (Å²) < 4.78 is 5.09. The van der Waals surface area contributed by atoms with Crippen molar-refractivity contribution in [2.75, 3.05) is 16.8 Å². The van der Waals surface area contributed by atoms with Gasteiger partial charge in [0.2, 0.25) is 11.8 Å². The Morgan fingerprint density at radius 3 is 2.48 bits per heavy atom. The molecule has 2 aliphatic rings. The number of nitrogens with zero attached hydrogens (tertiary/aromatic N) is 1. The van der Waals surface area contributed by atoms with E-state index in [-0.39, 0.29) is 30.2 Å². The number of imide groups is 1. The number of ether oxygens (including phenoxy) is 1. The standard InChI is InChI=1S/C22H20N2O5/c25-19(23-17-8-7-14-3-1-4-15(14)11-17)13-29-22(28)16-5-2-6-18(12-16)24-20(26)9-10-21(24)27/h2,5-8,11-12H,1,3-4,9-10,13H2,(H,23,25). The van der Waals surface area contributed by atoms with Crippen molar-refractivity contribution in [3.63, 3.8) is 0 Å². The number of rotatable bonds is 5. The van der Waals surface area contributed by atoms with Crippen LogP contribution in [0, 0.1) is 0 Å². The second-order valence-electron chi connectivity index (χ2n) is 7.13. The quantitative estimate of drug-likeness (QED) is 0.624. The molecule has 0 atom stereocenters. The molecule has 0 spiro atoms. The Morgan fingerprint density at radius 1 is 0.931 bits per heavy atom. The summed E-state index contributed by atoms with van der Waals surface area (Å²) in [6, 6.07) is 11.9. The fourth-order valence-electron chi connectivity index (χ4n) is 3.70. The molecule has 2 aromatic carbocycles. The number of benzene rings is 2. The lowest BCUT2D eigenvalue weighted by Gasteiger charge is -2.14. The van der Waals surface area contributed by atoms with E-state index in [1.54, 1.807) is 12.1 Å². The van der Waals surface area contributed by atoms with Gasteiger partial charge in [0.05, 0.1) is 11.3 Å². The lowest BCUT2D eigenvalue weighted by Crippen LogP contribution is -2.28. The molecule has 0 unspecified atom stereocenters. The number of carbonyl (C=O) groups is 4. The van der Waals surface area contributed by atoms with E-state index >= 15 is 0 Å². The smallest absolute Gasteiger partial charge is 0.338 e. The number of hydrogen-bond acceptors (Lipinski definition) is 5. The van der Waals surface area contributed by atoms with Gasteiger partial charge in [0.15, 0.2) is 6.61 Å². The monoisotopic (exact) mass is 392 g/mol. The Hall–Kier alpha value is -3.48. The van der Waals surface area contributed by atoms with Crippen molar-refractivity contribution < 1.29 is 23.9 Å². The number of carbonyl (C=O) groups excluding carboxylic acids is 4. The van der Waals surface area contributed by atoms with Crippen molar-refractivity contribution in [3.05, 3.63) is 59.2 Å². The Kier molecular flexibility index (Phi) is 5.12. The highest BCUT2D eigenvalue weighted by Gasteiger charge is 2.30. The summed E-state index contributed by atoms with van der Waals surface area (Å²) in [4.78, 5) is 49.2. The molecule has 1 aliphatic carbocycles. The third kappa shape index (κ3) is 4.03. The molecule has 3 amide bonds. The topological polar surface area (TPSA) is 92.8 Å². The first-order valence-electron chi connectivity index (χ1n) is 9.56. The van der Waals surface area contributed by atoms with Crippen LogP contribution in [0.5, 0.6) is 0 Å². The summed E-state index contributed by atoms with van der Waals surface area (Å²) in [5.74, 6) is -1.73.